The van der Waals surface area contributed by atoms with Crippen molar-refractivity contribution in [1.82, 2.24) is 10.3 Å². The predicted molar refractivity (Wildman–Crippen MR) is 117 cm³/mol. The summed E-state index contributed by atoms with van der Waals surface area (Å²) >= 11 is 0. The van der Waals surface area contributed by atoms with Crippen LogP contribution in [0.15, 0.2) is 36.5 Å². The van der Waals surface area contributed by atoms with Crippen molar-refractivity contribution in [2.75, 3.05) is 19.8 Å². The van der Waals surface area contributed by atoms with E-state index in [2.05, 4.69) is 10.3 Å². The van der Waals surface area contributed by atoms with Gasteiger partial charge in [-0.1, -0.05) is 0 Å². The van der Waals surface area contributed by atoms with Gasteiger partial charge >= 0.3 is 0 Å². The van der Waals surface area contributed by atoms with Gasteiger partial charge in [-0.2, -0.15) is 0 Å². The minimum absolute atomic E-state index is 0.186. The molecule has 1 aliphatic heterocycles. The molecule has 2 heterocycles. The summed E-state index contributed by atoms with van der Waals surface area (Å²) in [6, 6.07) is 8.34. The van der Waals surface area contributed by atoms with Gasteiger partial charge in [0.15, 0.2) is 11.5 Å². The number of ether oxygens (including phenoxy) is 2. The average Bonchev–Trinajstić information content (AvgIpc) is 3.20. The number of nitrogens with one attached hydrogen (secondary N) is 2. The molecule has 1 aliphatic carbocycles. The van der Waals surface area contributed by atoms with E-state index in [1.165, 1.54) is 17.7 Å². The molecule has 0 amide bonds. The lowest BCUT2D eigenvalue weighted by atomic mass is 9.81. The Labute approximate surface area is 180 Å². The summed E-state index contributed by atoms with van der Waals surface area (Å²) in [4.78, 5) is 3.27. The maximum atomic E-state index is 13.9. The van der Waals surface area contributed by atoms with Crippen molar-refractivity contribution < 1.29 is 18.3 Å². The number of halogens is 2. The van der Waals surface area contributed by atoms with E-state index in [9.17, 15) is 8.78 Å². The first kappa shape index (κ1) is 20.3. The first-order chi connectivity index (χ1) is 15.2. The molecule has 4 nitrogen and oxygen atoms in total. The lowest BCUT2D eigenvalue weighted by Gasteiger charge is -2.29. The number of H-pyrrole nitrogens is 1. The van der Waals surface area contributed by atoms with E-state index in [4.69, 9.17) is 9.47 Å². The maximum absolute atomic E-state index is 13.9. The van der Waals surface area contributed by atoms with Crippen LogP contribution in [0.4, 0.5) is 8.78 Å². The van der Waals surface area contributed by atoms with Crippen molar-refractivity contribution in [3.05, 3.63) is 59.3 Å². The number of fused-ring (bicyclic) bond motifs is 2. The zero-order chi connectivity index (χ0) is 21.2. The minimum Gasteiger partial charge on any atom is -0.489 e. The Morgan fingerprint density at radius 2 is 1.94 bits per heavy atom. The van der Waals surface area contributed by atoms with Gasteiger partial charge in [-0.25, -0.2) is 8.78 Å². The lowest BCUT2D eigenvalue weighted by molar-refractivity contribution is 0.243. The fourth-order valence-corrected chi connectivity index (χ4v) is 5.00. The van der Waals surface area contributed by atoms with Gasteiger partial charge in [-0.15, -0.1) is 0 Å². The van der Waals surface area contributed by atoms with Crippen molar-refractivity contribution >= 4 is 10.9 Å². The van der Waals surface area contributed by atoms with E-state index in [1.54, 1.807) is 12.1 Å². The summed E-state index contributed by atoms with van der Waals surface area (Å²) in [5.74, 6) is 1.20. The Kier molecular flexibility index (Phi) is 5.81. The van der Waals surface area contributed by atoms with E-state index in [1.807, 2.05) is 12.3 Å². The lowest BCUT2D eigenvalue weighted by Crippen LogP contribution is -2.35. The van der Waals surface area contributed by atoms with Crippen molar-refractivity contribution in [3.8, 4) is 11.5 Å². The summed E-state index contributed by atoms with van der Waals surface area (Å²) in [6.45, 7) is 1.83. The topological polar surface area (TPSA) is 46.3 Å². The van der Waals surface area contributed by atoms with Gasteiger partial charge in [-0.3, -0.25) is 0 Å². The smallest absolute Gasteiger partial charge is 0.164 e. The van der Waals surface area contributed by atoms with Crippen LogP contribution in [0.1, 0.15) is 49.1 Å². The molecule has 164 valence electrons. The third-order valence-corrected chi connectivity index (χ3v) is 6.57. The van der Waals surface area contributed by atoms with Gasteiger partial charge in [-0.05, 0) is 74.3 Å². The summed E-state index contributed by atoms with van der Waals surface area (Å²) in [5, 5.41) is 4.58. The van der Waals surface area contributed by atoms with Gasteiger partial charge in [0.25, 0.3) is 0 Å². The van der Waals surface area contributed by atoms with E-state index in [0.717, 1.165) is 55.0 Å². The number of aryl methyl sites for hydroxylation is 1. The number of aromatic amines is 1. The summed E-state index contributed by atoms with van der Waals surface area (Å²) in [5.41, 5.74) is 3.12. The van der Waals surface area contributed by atoms with Crippen LogP contribution in [-0.2, 0) is 6.42 Å². The van der Waals surface area contributed by atoms with Crippen LogP contribution in [0.3, 0.4) is 0 Å². The molecule has 1 saturated carbocycles. The Morgan fingerprint density at radius 3 is 2.81 bits per heavy atom. The summed E-state index contributed by atoms with van der Waals surface area (Å²) in [6.07, 6.45) is 8.08. The zero-order valence-electron chi connectivity index (χ0n) is 17.6. The average molecular weight is 427 g/mol. The number of hydrogen-bond donors (Lipinski definition) is 2. The number of hydrogen-bond acceptors (Lipinski definition) is 3. The molecule has 0 spiro atoms. The molecule has 2 N–H and O–H groups in total. The summed E-state index contributed by atoms with van der Waals surface area (Å²) < 4.78 is 39.1. The second-order valence-corrected chi connectivity index (χ2v) is 8.63. The van der Waals surface area contributed by atoms with Crippen LogP contribution in [0.5, 0.6) is 11.5 Å². The van der Waals surface area contributed by atoms with Crippen LogP contribution < -0.4 is 14.8 Å². The molecule has 1 aromatic heterocycles. The van der Waals surface area contributed by atoms with Crippen LogP contribution in [0.2, 0.25) is 0 Å². The molecule has 2 aliphatic rings. The van der Waals surface area contributed by atoms with Crippen LogP contribution in [-0.4, -0.2) is 30.8 Å². The van der Waals surface area contributed by atoms with E-state index in [0.29, 0.717) is 43.2 Å². The maximum Gasteiger partial charge on any atom is 0.164 e. The SMILES string of the molecule is Fc1cc2c(c(OCCNC3CCC(c4c[nH]c5ccc(F)cc45)CC3)c1)OCCC2. The number of benzene rings is 2. The molecular formula is C25H28F2N2O2. The third kappa shape index (κ3) is 4.40. The van der Waals surface area contributed by atoms with E-state index >= 15 is 0 Å². The van der Waals surface area contributed by atoms with E-state index < -0.39 is 0 Å². The largest absolute Gasteiger partial charge is 0.489 e. The van der Waals surface area contributed by atoms with Crippen molar-refractivity contribution in [2.45, 2.75) is 50.5 Å². The molecule has 5 rings (SSSR count). The molecule has 3 aromatic rings. The first-order valence-corrected chi connectivity index (χ1v) is 11.3. The Morgan fingerprint density at radius 1 is 1.06 bits per heavy atom. The highest BCUT2D eigenvalue weighted by Gasteiger charge is 2.24. The molecule has 2 aromatic carbocycles. The van der Waals surface area contributed by atoms with Gasteiger partial charge < -0.3 is 19.8 Å². The fraction of sp³-hybridized carbons (Fsp3) is 0.440. The second kappa shape index (κ2) is 8.87. The highest BCUT2D eigenvalue weighted by Crippen LogP contribution is 2.37. The third-order valence-electron chi connectivity index (χ3n) is 6.57. The van der Waals surface area contributed by atoms with Crippen LogP contribution in [0, 0.1) is 11.6 Å². The monoisotopic (exact) mass is 426 g/mol. The molecule has 0 saturated heterocycles. The zero-order valence-corrected chi connectivity index (χ0v) is 17.6. The molecule has 0 bridgehead atoms. The second-order valence-electron chi connectivity index (χ2n) is 8.63. The standard InChI is InChI=1S/C25H28F2N2O2/c26-18-5-8-23-21(13-18)22(15-29-23)16-3-6-20(7-4-16)28-9-11-30-24-14-19(27)12-17-2-1-10-31-25(17)24/h5,8,12-16,20,28-29H,1-4,6-7,9-11H2. The molecule has 6 heteroatoms. The molecule has 0 atom stereocenters. The number of aromatic nitrogens is 1. The Bertz CT molecular complexity index is 1060. The molecule has 0 radical (unpaired) electrons. The number of rotatable bonds is 6. The predicted octanol–water partition coefficient (Wildman–Crippen LogP) is 5.47. The van der Waals surface area contributed by atoms with Gasteiger partial charge in [0.1, 0.15) is 18.2 Å². The highest BCUT2D eigenvalue weighted by molar-refractivity contribution is 5.83. The summed E-state index contributed by atoms with van der Waals surface area (Å²) in [7, 11) is 0. The van der Waals surface area contributed by atoms with Crippen molar-refractivity contribution in [2.24, 2.45) is 0 Å². The molecule has 1 fully saturated rings. The van der Waals surface area contributed by atoms with Gasteiger partial charge in [0.05, 0.1) is 6.61 Å². The first-order valence-electron chi connectivity index (χ1n) is 11.3. The van der Waals surface area contributed by atoms with Gasteiger partial charge in [0.2, 0.25) is 0 Å². The quantitative estimate of drug-likeness (QED) is 0.514. The van der Waals surface area contributed by atoms with Crippen molar-refractivity contribution in [3.63, 3.8) is 0 Å². The highest BCUT2D eigenvalue weighted by atomic mass is 19.1. The Hall–Kier alpha value is -2.60. The van der Waals surface area contributed by atoms with Gasteiger partial charge in [0, 0.05) is 41.3 Å². The van der Waals surface area contributed by atoms with E-state index in [-0.39, 0.29) is 11.6 Å². The normalized spacial score (nSPS) is 21.0. The van der Waals surface area contributed by atoms with Crippen LogP contribution in [0.25, 0.3) is 10.9 Å². The Balaban J connectivity index is 1.11. The van der Waals surface area contributed by atoms with Crippen molar-refractivity contribution in [1.29, 1.82) is 0 Å². The fourth-order valence-electron chi connectivity index (χ4n) is 5.00. The minimum atomic E-state index is -0.275. The van der Waals surface area contributed by atoms with Crippen LogP contribution >= 0.6 is 0 Å². The molecular weight excluding hydrogens is 398 g/mol. The molecule has 31 heavy (non-hydrogen) atoms. The molecule has 0 unspecified atom stereocenters.